The van der Waals surface area contributed by atoms with E-state index >= 15 is 0 Å². The fraction of sp³-hybridized carbons (Fsp3) is 0.474. The molecule has 1 saturated heterocycles. The van der Waals surface area contributed by atoms with Gasteiger partial charge in [-0.1, -0.05) is 12.1 Å². The van der Waals surface area contributed by atoms with Crippen LogP contribution in [0.2, 0.25) is 0 Å². The highest BCUT2D eigenvalue weighted by Crippen LogP contribution is 2.24. The minimum absolute atomic E-state index is 0.467. The molecule has 0 bridgehead atoms. The van der Waals surface area contributed by atoms with Crippen LogP contribution >= 0.6 is 0 Å². The Morgan fingerprint density at radius 3 is 3.04 bits per heavy atom. The Morgan fingerprint density at radius 2 is 2.20 bits per heavy atom. The van der Waals surface area contributed by atoms with Gasteiger partial charge in [0.1, 0.15) is 23.7 Å². The summed E-state index contributed by atoms with van der Waals surface area (Å²) in [6.07, 6.45) is 4.01. The number of ether oxygens (including phenoxy) is 1. The van der Waals surface area contributed by atoms with E-state index in [-0.39, 0.29) is 0 Å². The summed E-state index contributed by atoms with van der Waals surface area (Å²) in [6.45, 7) is 5.54. The van der Waals surface area contributed by atoms with E-state index in [1.807, 2.05) is 32.2 Å². The maximum atomic E-state index is 5.57. The van der Waals surface area contributed by atoms with Crippen molar-refractivity contribution in [1.29, 1.82) is 0 Å². The lowest BCUT2D eigenvalue weighted by molar-refractivity contribution is 0.340. The number of hydrogen-bond acceptors (Lipinski definition) is 6. The minimum atomic E-state index is 0.467. The van der Waals surface area contributed by atoms with E-state index in [1.54, 1.807) is 6.33 Å². The molecule has 2 N–H and O–H groups in total. The summed E-state index contributed by atoms with van der Waals surface area (Å²) in [5, 5.41) is 6.67. The van der Waals surface area contributed by atoms with Crippen LogP contribution in [0.15, 0.2) is 36.7 Å². The van der Waals surface area contributed by atoms with Crippen LogP contribution in [0.3, 0.4) is 0 Å². The van der Waals surface area contributed by atoms with Gasteiger partial charge in [0, 0.05) is 38.8 Å². The molecule has 1 aromatic heterocycles. The van der Waals surface area contributed by atoms with Gasteiger partial charge < -0.3 is 20.3 Å². The molecule has 3 rings (SSSR count). The molecule has 2 aromatic rings. The fourth-order valence-electron chi connectivity index (χ4n) is 3.29. The van der Waals surface area contributed by atoms with Crippen LogP contribution in [0.1, 0.15) is 25.3 Å². The Hall–Kier alpha value is -2.34. The lowest BCUT2D eigenvalue weighted by Gasteiger charge is -2.26. The van der Waals surface area contributed by atoms with Crippen LogP contribution in [0.25, 0.3) is 0 Å². The third-order valence-corrected chi connectivity index (χ3v) is 4.50. The average Bonchev–Trinajstić information content (AvgIpc) is 3.11. The Morgan fingerprint density at radius 1 is 1.28 bits per heavy atom. The van der Waals surface area contributed by atoms with E-state index in [1.165, 1.54) is 18.4 Å². The predicted molar refractivity (Wildman–Crippen MR) is 101 cm³/mol. The van der Waals surface area contributed by atoms with Gasteiger partial charge in [-0.25, -0.2) is 9.97 Å². The maximum Gasteiger partial charge on any atom is 0.134 e. The zero-order chi connectivity index (χ0) is 17.5. The van der Waals surface area contributed by atoms with Crippen molar-refractivity contribution in [2.24, 2.45) is 0 Å². The van der Waals surface area contributed by atoms with Crippen LogP contribution in [-0.4, -0.2) is 42.8 Å². The maximum absolute atomic E-state index is 5.57. The molecule has 1 aliphatic heterocycles. The van der Waals surface area contributed by atoms with Gasteiger partial charge >= 0.3 is 0 Å². The first-order chi connectivity index (χ1) is 12.3. The lowest BCUT2D eigenvalue weighted by atomic mass is 10.2. The van der Waals surface area contributed by atoms with E-state index in [4.69, 9.17) is 4.74 Å². The van der Waals surface area contributed by atoms with E-state index in [9.17, 15) is 0 Å². The molecule has 1 aliphatic rings. The molecular formula is C19H27N5O. The third-order valence-electron chi connectivity index (χ3n) is 4.50. The predicted octanol–water partition coefficient (Wildman–Crippen LogP) is 2.68. The van der Waals surface area contributed by atoms with Crippen LogP contribution in [0, 0.1) is 0 Å². The fourth-order valence-corrected chi connectivity index (χ4v) is 3.29. The van der Waals surface area contributed by atoms with E-state index < -0.39 is 0 Å². The number of benzene rings is 1. The van der Waals surface area contributed by atoms with Gasteiger partial charge in [0.15, 0.2) is 0 Å². The van der Waals surface area contributed by atoms with Gasteiger partial charge in [-0.05, 0) is 37.5 Å². The van der Waals surface area contributed by atoms with Crippen molar-refractivity contribution in [2.45, 2.75) is 32.4 Å². The molecule has 0 radical (unpaired) electrons. The standard InChI is InChI=1S/C19H27N5O/c1-3-25-17-8-4-6-15(10-17)12-21-13-16-7-5-9-24(16)19-11-18(20-2)22-14-23-19/h4,6,8,10-11,14,16,21H,3,5,7,9,12-13H2,1-2H3,(H,20,22,23). The number of nitrogens with zero attached hydrogens (tertiary/aromatic N) is 3. The summed E-state index contributed by atoms with van der Waals surface area (Å²) >= 11 is 0. The minimum Gasteiger partial charge on any atom is -0.494 e. The Kier molecular flexibility index (Phi) is 6.06. The second-order valence-electron chi connectivity index (χ2n) is 6.21. The number of aromatic nitrogens is 2. The smallest absolute Gasteiger partial charge is 0.134 e. The highest BCUT2D eigenvalue weighted by atomic mass is 16.5. The van der Waals surface area contributed by atoms with Crippen molar-refractivity contribution in [2.75, 3.05) is 37.0 Å². The van der Waals surface area contributed by atoms with Crippen LogP contribution < -0.4 is 20.3 Å². The zero-order valence-corrected chi connectivity index (χ0v) is 15.0. The summed E-state index contributed by atoms with van der Waals surface area (Å²) < 4.78 is 5.57. The molecule has 0 amide bonds. The zero-order valence-electron chi connectivity index (χ0n) is 15.0. The van der Waals surface area contributed by atoms with Gasteiger partial charge in [0.25, 0.3) is 0 Å². The third kappa shape index (κ3) is 4.60. The Bertz CT molecular complexity index is 678. The van der Waals surface area contributed by atoms with Crippen molar-refractivity contribution in [3.8, 4) is 5.75 Å². The van der Waals surface area contributed by atoms with Crippen molar-refractivity contribution in [1.82, 2.24) is 15.3 Å². The number of nitrogens with one attached hydrogen (secondary N) is 2. The van der Waals surface area contributed by atoms with Gasteiger partial charge in [-0.2, -0.15) is 0 Å². The van der Waals surface area contributed by atoms with Gasteiger partial charge in [-0.3, -0.25) is 0 Å². The quantitative estimate of drug-likeness (QED) is 0.770. The molecule has 0 saturated carbocycles. The van der Waals surface area contributed by atoms with Crippen LogP contribution in [-0.2, 0) is 6.54 Å². The van der Waals surface area contributed by atoms with Crippen LogP contribution in [0.4, 0.5) is 11.6 Å². The first kappa shape index (κ1) is 17.5. The first-order valence-corrected chi connectivity index (χ1v) is 8.99. The van der Waals surface area contributed by atoms with Gasteiger partial charge in [-0.15, -0.1) is 0 Å². The molecule has 1 atom stereocenters. The van der Waals surface area contributed by atoms with Crippen molar-refractivity contribution in [3.63, 3.8) is 0 Å². The van der Waals surface area contributed by atoms with E-state index in [0.29, 0.717) is 12.6 Å². The molecule has 134 valence electrons. The topological polar surface area (TPSA) is 62.3 Å². The normalized spacial score (nSPS) is 16.9. The monoisotopic (exact) mass is 341 g/mol. The molecule has 25 heavy (non-hydrogen) atoms. The highest BCUT2D eigenvalue weighted by Gasteiger charge is 2.25. The number of hydrogen-bond donors (Lipinski definition) is 2. The van der Waals surface area contributed by atoms with Gasteiger partial charge in [0.05, 0.1) is 6.61 Å². The number of rotatable bonds is 8. The summed E-state index contributed by atoms with van der Waals surface area (Å²) in [4.78, 5) is 11.0. The van der Waals surface area contributed by atoms with E-state index in [2.05, 4.69) is 37.6 Å². The molecule has 0 aliphatic carbocycles. The molecular weight excluding hydrogens is 314 g/mol. The molecule has 0 spiro atoms. The SMILES string of the molecule is CCOc1cccc(CNCC2CCCN2c2cc(NC)ncn2)c1. The summed E-state index contributed by atoms with van der Waals surface area (Å²) in [5.41, 5.74) is 1.25. The molecule has 1 fully saturated rings. The van der Waals surface area contributed by atoms with Crippen molar-refractivity contribution < 1.29 is 4.74 Å². The first-order valence-electron chi connectivity index (χ1n) is 8.99. The van der Waals surface area contributed by atoms with Crippen molar-refractivity contribution in [3.05, 3.63) is 42.2 Å². The molecule has 1 unspecified atom stereocenters. The summed E-state index contributed by atoms with van der Waals surface area (Å²) in [7, 11) is 1.88. The largest absolute Gasteiger partial charge is 0.494 e. The highest BCUT2D eigenvalue weighted by molar-refractivity contribution is 5.49. The van der Waals surface area contributed by atoms with Gasteiger partial charge in [0.2, 0.25) is 0 Å². The Balaban J connectivity index is 1.56. The van der Waals surface area contributed by atoms with Crippen molar-refractivity contribution >= 4 is 11.6 Å². The average molecular weight is 341 g/mol. The number of anilines is 2. The lowest BCUT2D eigenvalue weighted by Crippen LogP contribution is -2.38. The molecule has 1 aromatic carbocycles. The summed E-state index contributed by atoms with van der Waals surface area (Å²) in [6, 6.07) is 10.8. The second-order valence-corrected chi connectivity index (χ2v) is 6.21. The molecule has 2 heterocycles. The van der Waals surface area contributed by atoms with Crippen LogP contribution in [0.5, 0.6) is 5.75 Å². The molecule has 6 nitrogen and oxygen atoms in total. The summed E-state index contributed by atoms with van der Waals surface area (Å²) in [5.74, 6) is 2.79. The second kappa shape index (κ2) is 8.67. The molecule has 6 heteroatoms. The Labute approximate surface area is 149 Å². The van der Waals surface area contributed by atoms with E-state index in [0.717, 1.165) is 37.0 Å².